The Labute approximate surface area is 140 Å². The molecule has 0 saturated carbocycles. The van der Waals surface area contributed by atoms with Gasteiger partial charge in [-0.05, 0) is 36.4 Å². The van der Waals surface area contributed by atoms with E-state index in [1.165, 1.54) is 36.4 Å². The Hall–Kier alpha value is -2.94. The SMILES string of the molecule is O=C(CSc1ccc([N+](=O)[O-])cc1)NNC(=O)c1ccc(F)cc1. The summed E-state index contributed by atoms with van der Waals surface area (Å²) in [6.07, 6.45) is 0. The Balaban J connectivity index is 1.77. The zero-order chi connectivity index (χ0) is 17.5. The first-order valence-corrected chi connectivity index (χ1v) is 7.66. The molecular weight excluding hydrogens is 337 g/mol. The van der Waals surface area contributed by atoms with E-state index in [4.69, 9.17) is 0 Å². The van der Waals surface area contributed by atoms with Crippen molar-refractivity contribution in [1.82, 2.24) is 10.9 Å². The summed E-state index contributed by atoms with van der Waals surface area (Å²) in [5.41, 5.74) is 4.63. The smallest absolute Gasteiger partial charge is 0.269 e. The van der Waals surface area contributed by atoms with E-state index in [0.717, 1.165) is 23.9 Å². The van der Waals surface area contributed by atoms with Gasteiger partial charge in [0.1, 0.15) is 5.82 Å². The number of nitrogens with zero attached hydrogens (tertiary/aromatic N) is 1. The van der Waals surface area contributed by atoms with Crippen molar-refractivity contribution in [2.24, 2.45) is 0 Å². The first-order valence-electron chi connectivity index (χ1n) is 6.68. The number of nitrogens with one attached hydrogen (secondary N) is 2. The molecule has 7 nitrogen and oxygen atoms in total. The van der Waals surface area contributed by atoms with Gasteiger partial charge >= 0.3 is 0 Å². The highest BCUT2D eigenvalue weighted by atomic mass is 32.2. The molecule has 124 valence electrons. The second-order valence-corrected chi connectivity index (χ2v) is 5.60. The number of nitro benzene ring substituents is 1. The molecule has 2 N–H and O–H groups in total. The predicted molar refractivity (Wildman–Crippen MR) is 85.8 cm³/mol. The van der Waals surface area contributed by atoms with Crippen LogP contribution in [-0.4, -0.2) is 22.5 Å². The lowest BCUT2D eigenvalue weighted by Gasteiger charge is -2.07. The Morgan fingerprint density at radius 1 is 1.04 bits per heavy atom. The van der Waals surface area contributed by atoms with Crippen molar-refractivity contribution in [2.45, 2.75) is 4.90 Å². The summed E-state index contributed by atoms with van der Waals surface area (Å²) in [4.78, 5) is 34.1. The molecule has 0 unspecified atom stereocenters. The quantitative estimate of drug-likeness (QED) is 0.490. The summed E-state index contributed by atoms with van der Waals surface area (Å²) in [5, 5.41) is 10.5. The summed E-state index contributed by atoms with van der Waals surface area (Å²) < 4.78 is 12.8. The molecule has 0 atom stereocenters. The van der Waals surface area contributed by atoms with Gasteiger partial charge in [-0.2, -0.15) is 0 Å². The molecule has 2 aromatic rings. The van der Waals surface area contributed by atoms with Gasteiger partial charge in [0.2, 0.25) is 5.91 Å². The molecule has 0 aromatic heterocycles. The van der Waals surface area contributed by atoms with E-state index in [2.05, 4.69) is 10.9 Å². The maximum atomic E-state index is 12.8. The Kier molecular flexibility index (Phi) is 5.85. The van der Waals surface area contributed by atoms with Gasteiger partial charge in [-0.3, -0.25) is 30.6 Å². The largest absolute Gasteiger partial charge is 0.272 e. The van der Waals surface area contributed by atoms with Crippen LogP contribution in [0.4, 0.5) is 10.1 Å². The number of hydrogen-bond acceptors (Lipinski definition) is 5. The van der Waals surface area contributed by atoms with Crippen LogP contribution in [0.1, 0.15) is 10.4 Å². The molecule has 2 rings (SSSR count). The highest BCUT2D eigenvalue weighted by Gasteiger charge is 2.09. The standard InChI is InChI=1S/C15H12FN3O4S/c16-11-3-1-10(2-4-11)15(21)18-17-14(20)9-24-13-7-5-12(6-8-13)19(22)23/h1-8H,9H2,(H,17,20)(H,18,21). The number of rotatable bonds is 5. The maximum Gasteiger partial charge on any atom is 0.269 e. The number of halogens is 1. The zero-order valence-electron chi connectivity index (χ0n) is 12.2. The summed E-state index contributed by atoms with van der Waals surface area (Å²) in [6.45, 7) is 0. The van der Waals surface area contributed by atoms with E-state index in [0.29, 0.717) is 4.90 Å². The van der Waals surface area contributed by atoms with Crippen molar-refractivity contribution in [1.29, 1.82) is 0 Å². The molecule has 0 aliphatic heterocycles. The number of thioether (sulfide) groups is 1. The lowest BCUT2D eigenvalue weighted by Crippen LogP contribution is -2.42. The van der Waals surface area contributed by atoms with Gasteiger partial charge in [0.05, 0.1) is 10.7 Å². The van der Waals surface area contributed by atoms with E-state index >= 15 is 0 Å². The molecule has 0 radical (unpaired) electrons. The third-order valence-corrected chi connectivity index (χ3v) is 3.85. The molecule has 0 bridgehead atoms. The number of benzene rings is 2. The van der Waals surface area contributed by atoms with Gasteiger partial charge in [-0.15, -0.1) is 11.8 Å². The van der Waals surface area contributed by atoms with Crippen LogP contribution in [0.25, 0.3) is 0 Å². The van der Waals surface area contributed by atoms with Gasteiger partial charge in [0.15, 0.2) is 0 Å². The molecule has 2 aromatic carbocycles. The van der Waals surface area contributed by atoms with Crippen LogP contribution >= 0.6 is 11.8 Å². The summed E-state index contributed by atoms with van der Waals surface area (Å²) in [5.74, 6) is -1.46. The summed E-state index contributed by atoms with van der Waals surface area (Å²) in [6, 6.07) is 10.6. The summed E-state index contributed by atoms with van der Waals surface area (Å²) >= 11 is 1.16. The van der Waals surface area contributed by atoms with Crippen molar-refractivity contribution >= 4 is 29.3 Å². The lowest BCUT2D eigenvalue weighted by atomic mass is 10.2. The molecule has 0 heterocycles. The zero-order valence-corrected chi connectivity index (χ0v) is 13.0. The molecule has 2 amide bonds. The second-order valence-electron chi connectivity index (χ2n) is 4.55. The van der Waals surface area contributed by atoms with Crippen molar-refractivity contribution in [2.75, 3.05) is 5.75 Å². The summed E-state index contributed by atoms with van der Waals surface area (Å²) in [7, 11) is 0. The van der Waals surface area contributed by atoms with E-state index in [1.54, 1.807) is 0 Å². The Bertz CT molecular complexity index is 750. The van der Waals surface area contributed by atoms with Gasteiger partial charge in [-0.25, -0.2) is 4.39 Å². The highest BCUT2D eigenvalue weighted by Crippen LogP contribution is 2.20. The van der Waals surface area contributed by atoms with E-state index in [1.807, 2.05) is 0 Å². The normalized spacial score (nSPS) is 10.0. The van der Waals surface area contributed by atoms with Gasteiger partial charge in [-0.1, -0.05) is 0 Å². The first-order chi connectivity index (χ1) is 11.5. The van der Waals surface area contributed by atoms with E-state index in [-0.39, 0.29) is 17.0 Å². The minimum absolute atomic E-state index is 0.0154. The number of carbonyl (C=O) groups is 2. The molecule has 0 spiro atoms. The van der Waals surface area contributed by atoms with Gasteiger partial charge in [0.25, 0.3) is 11.6 Å². The van der Waals surface area contributed by atoms with Crippen LogP contribution in [0.2, 0.25) is 0 Å². The minimum Gasteiger partial charge on any atom is -0.272 e. The molecule has 24 heavy (non-hydrogen) atoms. The van der Waals surface area contributed by atoms with Crippen molar-refractivity contribution in [3.8, 4) is 0 Å². The van der Waals surface area contributed by atoms with E-state index < -0.39 is 22.6 Å². The number of hydrogen-bond donors (Lipinski definition) is 2. The topological polar surface area (TPSA) is 101 Å². The third-order valence-electron chi connectivity index (χ3n) is 2.84. The Morgan fingerprint density at radius 3 is 2.25 bits per heavy atom. The average molecular weight is 349 g/mol. The molecule has 0 aliphatic carbocycles. The minimum atomic E-state index is -0.566. The van der Waals surface area contributed by atoms with Crippen LogP contribution in [0, 0.1) is 15.9 Å². The van der Waals surface area contributed by atoms with E-state index in [9.17, 15) is 24.1 Å². The fourth-order valence-electron chi connectivity index (χ4n) is 1.65. The van der Waals surface area contributed by atoms with Crippen molar-refractivity contribution in [3.05, 3.63) is 70.0 Å². The van der Waals surface area contributed by atoms with Gasteiger partial charge in [0, 0.05) is 22.6 Å². The fourth-order valence-corrected chi connectivity index (χ4v) is 2.35. The number of hydrazine groups is 1. The molecule has 0 fully saturated rings. The number of carbonyl (C=O) groups excluding carboxylic acids is 2. The molecular formula is C15H12FN3O4S. The van der Waals surface area contributed by atoms with Crippen LogP contribution in [0.15, 0.2) is 53.4 Å². The monoisotopic (exact) mass is 349 g/mol. The van der Waals surface area contributed by atoms with Crippen LogP contribution in [0.5, 0.6) is 0 Å². The molecule has 0 aliphatic rings. The molecule has 0 saturated heterocycles. The lowest BCUT2D eigenvalue weighted by molar-refractivity contribution is -0.384. The fraction of sp³-hybridized carbons (Fsp3) is 0.0667. The number of amides is 2. The van der Waals surface area contributed by atoms with Crippen LogP contribution in [0.3, 0.4) is 0 Å². The van der Waals surface area contributed by atoms with Crippen molar-refractivity contribution in [3.63, 3.8) is 0 Å². The molecule has 9 heteroatoms. The Morgan fingerprint density at radius 2 is 1.67 bits per heavy atom. The third kappa shape index (κ3) is 5.06. The van der Waals surface area contributed by atoms with Crippen molar-refractivity contribution < 1.29 is 18.9 Å². The highest BCUT2D eigenvalue weighted by molar-refractivity contribution is 8.00. The predicted octanol–water partition coefficient (Wildman–Crippen LogP) is 2.29. The average Bonchev–Trinajstić information content (AvgIpc) is 2.58. The van der Waals surface area contributed by atoms with Crippen LogP contribution in [-0.2, 0) is 4.79 Å². The van der Waals surface area contributed by atoms with Crippen LogP contribution < -0.4 is 10.9 Å². The van der Waals surface area contributed by atoms with Gasteiger partial charge < -0.3 is 0 Å². The number of non-ortho nitro benzene ring substituents is 1. The maximum absolute atomic E-state index is 12.8. The second kappa shape index (κ2) is 8.06. The first kappa shape index (κ1) is 17.4. The number of nitro groups is 1.